The summed E-state index contributed by atoms with van der Waals surface area (Å²) in [7, 11) is 1.63. The second-order valence-electron chi connectivity index (χ2n) is 1.80. The van der Waals surface area contributed by atoms with Gasteiger partial charge in [0.05, 0.1) is 6.54 Å². The molecule has 0 bridgehead atoms. The van der Waals surface area contributed by atoms with Crippen LogP contribution in [0, 0.1) is 0 Å². The van der Waals surface area contributed by atoms with E-state index in [4.69, 9.17) is 4.74 Å². The normalized spacial score (nSPS) is 8.50. The Bertz CT molecular complexity index is 112. The largest absolute Gasteiger partial charge is 0.386 e. The highest BCUT2D eigenvalue weighted by molar-refractivity contribution is 4.93. The van der Waals surface area contributed by atoms with Crippen LogP contribution in [0.4, 0.5) is 0 Å². The highest BCUT2D eigenvalue weighted by Gasteiger charge is 1.86. The minimum absolute atomic E-state index is 0.498. The molecule has 0 saturated carbocycles. The predicted octanol–water partition coefficient (Wildman–Crippen LogP) is 0.427. The second-order valence-corrected chi connectivity index (χ2v) is 1.80. The Kier molecular flexibility index (Phi) is 5.57. The van der Waals surface area contributed by atoms with E-state index in [1.807, 2.05) is 0 Å². The quantitative estimate of drug-likeness (QED) is 0.527. The summed E-state index contributed by atoms with van der Waals surface area (Å²) in [5.41, 5.74) is 0.891. The standard InChI is InChI=1S/C7H14N2O/c1-4-8-5-7(2)9-6-10-3/h4,8-9H,1-2,5-6H2,3H3. The third kappa shape index (κ3) is 5.18. The minimum atomic E-state index is 0.498. The summed E-state index contributed by atoms with van der Waals surface area (Å²) in [4.78, 5) is 0. The molecule has 0 amide bonds. The Morgan fingerprint density at radius 2 is 2.40 bits per heavy atom. The van der Waals surface area contributed by atoms with Gasteiger partial charge in [-0.15, -0.1) is 0 Å². The summed E-state index contributed by atoms with van der Waals surface area (Å²) in [6.07, 6.45) is 1.62. The molecule has 0 rings (SSSR count). The zero-order valence-electron chi connectivity index (χ0n) is 6.31. The number of nitrogens with one attached hydrogen (secondary N) is 2. The van der Waals surface area contributed by atoms with E-state index in [-0.39, 0.29) is 0 Å². The maximum atomic E-state index is 4.77. The molecule has 0 atom stereocenters. The maximum absolute atomic E-state index is 4.77. The van der Waals surface area contributed by atoms with Gasteiger partial charge in [0.1, 0.15) is 6.73 Å². The molecule has 3 heteroatoms. The van der Waals surface area contributed by atoms with E-state index in [0.717, 1.165) is 5.70 Å². The van der Waals surface area contributed by atoms with Crippen LogP contribution in [0.25, 0.3) is 0 Å². The monoisotopic (exact) mass is 142 g/mol. The van der Waals surface area contributed by atoms with Crippen LogP contribution in [-0.2, 0) is 4.74 Å². The molecule has 0 spiro atoms. The van der Waals surface area contributed by atoms with Crippen LogP contribution in [0.3, 0.4) is 0 Å². The summed E-state index contributed by atoms with van der Waals surface area (Å²) < 4.78 is 4.77. The molecule has 0 aromatic carbocycles. The van der Waals surface area contributed by atoms with Gasteiger partial charge in [-0.1, -0.05) is 13.2 Å². The van der Waals surface area contributed by atoms with E-state index >= 15 is 0 Å². The van der Waals surface area contributed by atoms with Crippen LogP contribution in [0.15, 0.2) is 25.1 Å². The fourth-order valence-corrected chi connectivity index (χ4v) is 0.432. The summed E-state index contributed by atoms with van der Waals surface area (Å²) in [5.74, 6) is 0. The molecule has 0 fully saturated rings. The van der Waals surface area contributed by atoms with Crippen molar-refractivity contribution in [2.45, 2.75) is 0 Å². The molecule has 0 aromatic rings. The van der Waals surface area contributed by atoms with Gasteiger partial charge in [0.25, 0.3) is 0 Å². The van der Waals surface area contributed by atoms with Gasteiger partial charge in [0.2, 0.25) is 0 Å². The molecule has 2 N–H and O–H groups in total. The van der Waals surface area contributed by atoms with Gasteiger partial charge in [0, 0.05) is 12.8 Å². The topological polar surface area (TPSA) is 33.3 Å². The van der Waals surface area contributed by atoms with Crippen molar-refractivity contribution in [1.82, 2.24) is 10.6 Å². The number of hydrogen-bond donors (Lipinski definition) is 2. The van der Waals surface area contributed by atoms with Gasteiger partial charge >= 0.3 is 0 Å². The molecule has 0 aliphatic heterocycles. The average molecular weight is 142 g/mol. The highest BCUT2D eigenvalue weighted by atomic mass is 16.5. The van der Waals surface area contributed by atoms with Crippen LogP contribution in [-0.4, -0.2) is 20.4 Å². The Morgan fingerprint density at radius 3 is 2.90 bits per heavy atom. The summed E-state index contributed by atoms with van der Waals surface area (Å²) >= 11 is 0. The molecule has 0 saturated heterocycles. The first-order valence-electron chi connectivity index (χ1n) is 3.06. The van der Waals surface area contributed by atoms with Crippen LogP contribution in [0.1, 0.15) is 0 Å². The van der Waals surface area contributed by atoms with Crippen LogP contribution in [0.2, 0.25) is 0 Å². The van der Waals surface area contributed by atoms with Crippen LogP contribution >= 0.6 is 0 Å². The molecule has 0 aliphatic carbocycles. The summed E-state index contributed by atoms with van der Waals surface area (Å²) in [5, 5.41) is 5.84. The van der Waals surface area contributed by atoms with Crippen molar-refractivity contribution in [2.24, 2.45) is 0 Å². The average Bonchev–Trinajstić information content (AvgIpc) is 1.97. The third-order valence-corrected chi connectivity index (χ3v) is 0.926. The van der Waals surface area contributed by atoms with E-state index in [1.165, 1.54) is 0 Å². The summed E-state index contributed by atoms with van der Waals surface area (Å²) in [6.45, 7) is 8.42. The van der Waals surface area contributed by atoms with Gasteiger partial charge in [-0.2, -0.15) is 0 Å². The van der Waals surface area contributed by atoms with E-state index in [0.29, 0.717) is 13.3 Å². The van der Waals surface area contributed by atoms with Crippen molar-refractivity contribution in [3.8, 4) is 0 Å². The number of rotatable bonds is 6. The molecule has 0 aromatic heterocycles. The number of hydrogen-bond acceptors (Lipinski definition) is 3. The first kappa shape index (κ1) is 9.04. The molecule has 10 heavy (non-hydrogen) atoms. The fourth-order valence-electron chi connectivity index (χ4n) is 0.432. The van der Waals surface area contributed by atoms with E-state index < -0.39 is 0 Å². The van der Waals surface area contributed by atoms with Crippen molar-refractivity contribution in [2.75, 3.05) is 20.4 Å². The van der Waals surface area contributed by atoms with Crippen molar-refractivity contribution in [3.63, 3.8) is 0 Å². The smallest absolute Gasteiger partial charge is 0.115 e. The lowest BCUT2D eigenvalue weighted by Gasteiger charge is -2.07. The SMILES string of the molecule is C=CNCC(=C)NCOC. The molecule has 3 nitrogen and oxygen atoms in total. The third-order valence-electron chi connectivity index (χ3n) is 0.926. The zero-order chi connectivity index (χ0) is 7.82. The lowest BCUT2D eigenvalue weighted by Crippen LogP contribution is -2.22. The first-order chi connectivity index (χ1) is 4.81. The lowest BCUT2D eigenvalue weighted by atomic mass is 10.5. The first-order valence-corrected chi connectivity index (χ1v) is 3.06. The van der Waals surface area contributed by atoms with Gasteiger partial charge in [-0.3, -0.25) is 0 Å². The predicted molar refractivity (Wildman–Crippen MR) is 42.4 cm³/mol. The summed E-state index contributed by atoms with van der Waals surface area (Å²) in [6, 6.07) is 0. The lowest BCUT2D eigenvalue weighted by molar-refractivity contribution is 0.184. The number of ether oxygens (including phenoxy) is 1. The molecule has 0 heterocycles. The Labute approximate surface area is 61.8 Å². The number of methoxy groups -OCH3 is 1. The maximum Gasteiger partial charge on any atom is 0.115 e. The van der Waals surface area contributed by atoms with E-state index in [2.05, 4.69) is 23.8 Å². The van der Waals surface area contributed by atoms with Crippen LogP contribution < -0.4 is 10.6 Å². The van der Waals surface area contributed by atoms with Gasteiger partial charge in [-0.25, -0.2) is 0 Å². The Hall–Kier alpha value is -0.960. The van der Waals surface area contributed by atoms with Crippen molar-refractivity contribution in [1.29, 1.82) is 0 Å². The molecule has 0 aliphatic rings. The van der Waals surface area contributed by atoms with Gasteiger partial charge < -0.3 is 15.4 Å². The van der Waals surface area contributed by atoms with Gasteiger partial charge in [0.15, 0.2) is 0 Å². The second kappa shape index (κ2) is 6.16. The minimum Gasteiger partial charge on any atom is -0.386 e. The molecular weight excluding hydrogens is 128 g/mol. The Balaban J connectivity index is 3.16. The Morgan fingerprint density at radius 1 is 1.70 bits per heavy atom. The molecule has 0 radical (unpaired) electrons. The van der Waals surface area contributed by atoms with Crippen molar-refractivity contribution < 1.29 is 4.74 Å². The van der Waals surface area contributed by atoms with E-state index in [9.17, 15) is 0 Å². The zero-order valence-corrected chi connectivity index (χ0v) is 6.31. The molecule has 58 valence electrons. The van der Waals surface area contributed by atoms with Crippen molar-refractivity contribution >= 4 is 0 Å². The van der Waals surface area contributed by atoms with E-state index in [1.54, 1.807) is 13.3 Å². The van der Waals surface area contributed by atoms with Crippen LogP contribution in [0.5, 0.6) is 0 Å². The van der Waals surface area contributed by atoms with Crippen molar-refractivity contribution in [3.05, 3.63) is 25.1 Å². The molecule has 0 unspecified atom stereocenters. The van der Waals surface area contributed by atoms with Gasteiger partial charge in [-0.05, 0) is 6.20 Å². The fraction of sp³-hybridized carbons (Fsp3) is 0.429. The highest BCUT2D eigenvalue weighted by Crippen LogP contribution is 1.78. The molecular formula is C7H14N2O.